The first kappa shape index (κ1) is 18.5. The molecule has 3 rings (SSSR count). The van der Waals surface area contributed by atoms with E-state index in [1.807, 2.05) is 12.1 Å². The van der Waals surface area contributed by atoms with Crippen LogP contribution in [-0.4, -0.2) is 31.3 Å². The van der Waals surface area contributed by atoms with Crippen molar-refractivity contribution in [2.75, 3.05) is 13.2 Å². The van der Waals surface area contributed by atoms with E-state index in [4.69, 9.17) is 4.74 Å². The van der Waals surface area contributed by atoms with E-state index in [0.29, 0.717) is 6.61 Å². The number of alkyl carbamates (subject to hydrolysis) is 1. The summed E-state index contributed by atoms with van der Waals surface area (Å²) in [6.07, 6.45) is 2.51. The van der Waals surface area contributed by atoms with Crippen LogP contribution in [0.4, 0.5) is 4.79 Å². The molecule has 1 aliphatic rings. The number of amides is 1. The second-order valence-electron chi connectivity index (χ2n) is 6.88. The summed E-state index contributed by atoms with van der Waals surface area (Å²) in [5, 5.41) is 6.61. The van der Waals surface area contributed by atoms with Crippen molar-refractivity contribution in [3.63, 3.8) is 0 Å². The Balaban J connectivity index is 1.66. The second kappa shape index (κ2) is 9.39. The lowest BCUT2D eigenvalue weighted by molar-refractivity contribution is 0.141. The first-order chi connectivity index (χ1) is 12.8. The normalized spacial score (nSPS) is 19.5. The van der Waals surface area contributed by atoms with Crippen molar-refractivity contribution in [3.8, 4) is 0 Å². The van der Waals surface area contributed by atoms with Gasteiger partial charge in [0.05, 0.1) is 6.61 Å². The zero-order chi connectivity index (χ0) is 18.2. The SMILES string of the molecule is CCCCOC(=O)N[C@H]1CN[C@@H](C(c2ccccc2)c2ccccc2)C1. The lowest BCUT2D eigenvalue weighted by Crippen LogP contribution is -2.36. The Hall–Kier alpha value is -2.33. The number of carbonyl (C=O) groups is 1. The van der Waals surface area contributed by atoms with Gasteiger partial charge in [-0.3, -0.25) is 0 Å². The van der Waals surface area contributed by atoms with Gasteiger partial charge in [0.1, 0.15) is 0 Å². The van der Waals surface area contributed by atoms with E-state index in [-0.39, 0.29) is 24.1 Å². The predicted octanol–water partition coefficient (Wildman–Crippen LogP) is 4.08. The molecule has 26 heavy (non-hydrogen) atoms. The van der Waals surface area contributed by atoms with Crippen LogP contribution in [0, 0.1) is 0 Å². The fraction of sp³-hybridized carbons (Fsp3) is 0.409. The Labute approximate surface area is 156 Å². The molecule has 1 fully saturated rings. The lowest BCUT2D eigenvalue weighted by Gasteiger charge is -2.25. The van der Waals surface area contributed by atoms with Crippen LogP contribution < -0.4 is 10.6 Å². The Morgan fingerprint density at radius 1 is 1.12 bits per heavy atom. The lowest BCUT2D eigenvalue weighted by atomic mass is 9.84. The van der Waals surface area contributed by atoms with E-state index in [0.717, 1.165) is 25.8 Å². The minimum atomic E-state index is -0.304. The molecule has 1 aliphatic heterocycles. The molecular weight excluding hydrogens is 324 g/mol. The van der Waals surface area contributed by atoms with E-state index in [1.54, 1.807) is 0 Å². The van der Waals surface area contributed by atoms with E-state index in [2.05, 4.69) is 66.1 Å². The average Bonchev–Trinajstić information content (AvgIpc) is 3.12. The van der Waals surface area contributed by atoms with E-state index >= 15 is 0 Å². The van der Waals surface area contributed by atoms with Crippen LogP contribution in [0.1, 0.15) is 43.2 Å². The molecule has 4 nitrogen and oxygen atoms in total. The number of rotatable bonds is 7. The van der Waals surface area contributed by atoms with Gasteiger partial charge in [-0.25, -0.2) is 4.79 Å². The number of hydrogen-bond acceptors (Lipinski definition) is 3. The third-order valence-corrected chi connectivity index (χ3v) is 4.94. The summed E-state index contributed by atoms with van der Waals surface area (Å²) >= 11 is 0. The summed E-state index contributed by atoms with van der Waals surface area (Å²) in [6.45, 7) is 3.34. The number of nitrogens with one attached hydrogen (secondary N) is 2. The molecule has 0 unspecified atom stereocenters. The molecule has 2 N–H and O–H groups in total. The van der Waals surface area contributed by atoms with Gasteiger partial charge >= 0.3 is 6.09 Å². The molecule has 0 aromatic heterocycles. The van der Waals surface area contributed by atoms with Crippen LogP contribution >= 0.6 is 0 Å². The van der Waals surface area contributed by atoms with Crippen molar-refractivity contribution in [3.05, 3.63) is 71.8 Å². The monoisotopic (exact) mass is 352 g/mol. The van der Waals surface area contributed by atoms with Gasteiger partial charge in [0.15, 0.2) is 0 Å². The number of unbranched alkanes of at least 4 members (excludes halogenated alkanes) is 1. The molecule has 0 radical (unpaired) electrons. The van der Waals surface area contributed by atoms with Crippen LogP contribution in [0.5, 0.6) is 0 Å². The van der Waals surface area contributed by atoms with E-state index < -0.39 is 0 Å². The van der Waals surface area contributed by atoms with Crippen molar-refractivity contribution in [1.29, 1.82) is 0 Å². The smallest absolute Gasteiger partial charge is 0.407 e. The number of benzene rings is 2. The van der Waals surface area contributed by atoms with Crippen LogP contribution in [0.15, 0.2) is 60.7 Å². The van der Waals surface area contributed by atoms with Gasteiger partial charge in [0.25, 0.3) is 0 Å². The summed E-state index contributed by atoms with van der Waals surface area (Å²) < 4.78 is 5.23. The molecule has 1 saturated heterocycles. The number of carbonyl (C=O) groups excluding carboxylic acids is 1. The molecule has 0 aliphatic carbocycles. The largest absolute Gasteiger partial charge is 0.450 e. The van der Waals surface area contributed by atoms with Crippen molar-refractivity contribution in [1.82, 2.24) is 10.6 Å². The van der Waals surface area contributed by atoms with Crippen LogP contribution in [0.3, 0.4) is 0 Å². The quantitative estimate of drug-likeness (QED) is 0.739. The highest BCUT2D eigenvalue weighted by molar-refractivity contribution is 5.67. The fourth-order valence-electron chi connectivity index (χ4n) is 3.63. The van der Waals surface area contributed by atoms with Gasteiger partial charge in [0, 0.05) is 24.5 Å². The van der Waals surface area contributed by atoms with Crippen LogP contribution in [0.25, 0.3) is 0 Å². The second-order valence-corrected chi connectivity index (χ2v) is 6.88. The molecular formula is C22H28N2O2. The highest BCUT2D eigenvalue weighted by Crippen LogP contribution is 2.32. The number of ether oxygens (including phenoxy) is 1. The van der Waals surface area contributed by atoms with E-state index in [1.165, 1.54) is 11.1 Å². The molecule has 138 valence electrons. The van der Waals surface area contributed by atoms with Gasteiger partial charge in [-0.1, -0.05) is 74.0 Å². The maximum absolute atomic E-state index is 11.9. The third-order valence-electron chi connectivity index (χ3n) is 4.94. The Morgan fingerprint density at radius 3 is 2.31 bits per heavy atom. The van der Waals surface area contributed by atoms with E-state index in [9.17, 15) is 4.79 Å². The average molecular weight is 352 g/mol. The molecule has 0 spiro atoms. The maximum atomic E-state index is 11.9. The molecule has 2 aromatic rings. The molecule has 0 saturated carbocycles. The van der Waals surface area contributed by atoms with Gasteiger partial charge in [-0.15, -0.1) is 0 Å². The first-order valence-electron chi connectivity index (χ1n) is 9.54. The predicted molar refractivity (Wildman–Crippen MR) is 104 cm³/mol. The molecule has 0 bridgehead atoms. The summed E-state index contributed by atoms with van der Waals surface area (Å²) in [7, 11) is 0. The van der Waals surface area contributed by atoms with Crippen LogP contribution in [-0.2, 0) is 4.74 Å². The molecule has 1 amide bonds. The minimum Gasteiger partial charge on any atom is -0.450 e. The zero-order valence-corrected chi connectivity index (χ0v) is 15.4. The summed E-state index contributed by atoms with van der Waals surface area (Å²) in [5.74, 6) is 0.264. The first-order valence-corrected chi connectivity index (χ1v) is 9.54. The number of hydrogen-bond donors (Lipinski definition) is 2. The summed E-state index contributed by atoms with van der Waals surface area (Å²) in [6, 6.07) is 21.5. The highest BCUT2D eigenvalue weighted by atomic mass is 16.5. The minimum absolute atomic E-state index is 0.101. The summed E-state index contributed by atoms with van der Waals surface area (Å²) in [4.78, 5) is 11.9. The van der Waals surface area contributed by atoms with Gasteiger partial charge in [-0.2, -0.15) is 0 Å². The molecule has 4 heteroatoms. The molecule has 2 atom stereocenters. The van der Waals surface area contributed by atoms with Gasteiger partial charge in [0.2, 0.25) is 0 Å². The molecule has 2 aromatic carbocycles. The Bertz CT molecular complexity index is 636. The van der Waals surface area contributed by atoms with Crippen LogP contribution in [0.2, 0.25) is 0 Å². The van der Waals surface area contributed by atoms with Crippen molar-refractivity contribution >= 4 is 6.09 Å². The summed E-state index contributed by atoms with van der Waals surface area (Å²) in [5.41, 5.74) is 2.59. The third kappa shape index (κ3) is 4.85. The Morgan fingerprint density at radius 2 is 1.73 bits per heavy atom. The van der Waals surface area contributed by atoms with Gasteiger partial charge < -0.3 is 15.4 Å². The van der Waals surface area contributed by atoms with Crippen molar-refractivity contribution in [2.24, 2.45) is 0 Å². The Kier molecular flexibility index (Phi) is 6.67. The standard InChI is InChI=1S/C22H28N2O2/c1-2-3-14-26-22(25)24-19-15-20(23-16-19)21(17-10-6-4-7-11-17)18-12-8-5-9-13-18/h4-13,19-21,23H,2-3,14-16H2,1H3,(H,24,25)/t19-,20-/m1/s1. The van der Waals surface area contributed by atoms with Crippen molar-refractivity contribution < 1.29 is 9.53 Å². The molecule has 1 heterocycles. The zero-order valence-electron chi connectivity index (χ0n) is 15.4. The fourth-order valence-corrected chi connectivity index (χ4v) is 3.63. The topological polar surface area (TPSA) is 50.4 Å². The maximum Gasteiger partial charge on any atom is 0.407 e. The van der Waals surface area contributed by atoms with Gasteiger partial charge in [-0.05, 0) is 24.0 Å². The highest BCUT2D eigenvalue weighted by Gasteiger charge is 2.33. The van der Waals surface area contributed by atoms with Crippen molar-refractivity contribution in [2.45, 2.75) is 44.2 Å².